The van der Waals surface area contributed by atoms with Gasteiger partial charge in [-0.2, -0.15) is 0 Å². The average molecular weight is 284 g/mol. The summed E-state index contributed by atoms with van der Waals surface area (Å²) >= 11 is 3.42. The Morgan fingerprint density at radius 1 is 1.44 bits per heavy atom. The number of rotatable bonds is 4. The molecule has 0 fully saturated rings. The summed E-state index contributed by atoms with van der Waals surface area (Å²) in [7, 11) is 0. The quantitative estimate of drug-likeness (QED) is 0.904. The van der Waals surface area contributed by atoms with Gasteiger partial charge in [-0.3, -0.25) is 4.79 Å². The molecule has 0 aliphatic carbocycles. The Morgan fingerprint density at radius 3 is 2.75 bits per heavy atom. The number of carbonyl (C=O) groups is 1. The highest BCUT2D eigenvalue weighted by atomic mass is 79.9. The molecule has 0 heterocycles. The van der Waals surface area contributed by atoms with Gasteiger partial charge in [0.1, 0.15) is 0 Å². The number of halogens is 1. The molecule has 1 N–H and O–H groups in total. The van der Waals surface area contributed by atoms with E-state index in [9.17, 15) is 4.79 Å². The van der Waals surface area contributed by atoms with Crippen molar-refractivity contribution in [2.24, 2.45) is 5.92 Å². The molecule has 3 heteroatoms. The van der Waals surface area contributed by atoms with E-state index in [-0.39, 0.29) is 5.91 Å². The fraction of sp³-hybridized carbons (Fsp3) is 0.462. The van der Waals surface area contributed by atoms with Crippen LogP contribution in [0.3, 0.4) is 0 Å². The van der Waals surface area contributed by atoms with Crippen molar-refractivity contribution in [3.05, 3.63) is 33.8 Å². The zero-order valence-corrected chi connectivity index (χ0v) is 11.6. The molecule has 88 valence electrons. The van der Waals surface area contributed by atoms with Crippen LogP contribution in [0.1, 0.15) is 25.0 Å². The molecule has 1 rings (SSSR count). The number of hydrogen-bond acceptors (Lipinski definition) is 1. The van der Waals surface area contributed by atoms with E-state index in [2.05, 4.69) is 35.1 Å². The summed E-state index contributed by atoms with van der Waals surface area (Å²) in [5, 5.41) is 2.92. The molecule has 0 aromatic heterocycles. The molecule has 1 aromatic rings. The lowest BCUT2D eigenvalue weighted by Gasteiger charge is -2.09. The molecule has 1 aromatic carbocycles. The number of carbonyl (C=O) groups excluding carboxylic acids is 1. The Labute approximate surface area is 106 Å². The molecule has 0 bridgehead atoms. The molecule has 0 radical (unpaired) electrons. The molecule has 0 saturated carbocycles. The van der Waals surface area contributed by atoms with Crippen LogP contribution >= 0.6 is 15.9 Å². The predicted molar refractivity (Wildman–Crippen MR) is 70.4 cm³/mol. The van der Waals surface area contributed by atoms with Gasteiger partial charge in [0.25, 0.3) is 0 Å². The summed E-state index contributed by atoms with van der Waals surface area (Å²) in [6.45, 7) is 6.94. The lowest BCUT2D eigenvalue weighted by atomic mass is 10.1. The monoisotopic (exact) mass is 283 g/mol. The third kappa shape index (κ3) is 4.35. The van der Waals surface area contributed by atoms with Crippen LogP contribution in [0.25, 0.3) is 0 Å². The summed E-state index contributed by atoms with van der Waals surface area (Å²) in [6.07, 6.45) is 0.456. The summed E-state index contributed by atoms with van der Waals surface area (Å²) < 4.78 is 1.02. The van der Waals surface area contributed by atoms with Gasteiger partial charge in [-0.1, -0.05) is 35.8 Å². The SMILES string of the molecule is Cc1ccc(Br)cc1CC(=O)NCC(C)C. The van der Waals surface area contributed by atoms with Gasteiger partial charge in [0.05, 0.1) is 6.42 Å². The van der Waals surface area contributed by atoms with Gasteiger partial charge in [0.2, 0.25) is 5.91 Å². The van der Waals surface area contributed by atoms with E-state index in [1.165, 1.54) is 0 Å². The average Bonchev–Trinajstić information content (AvgIpc) is 2.20. The standard InChI is InChI=1S/C13H18BrNO/c1-9(2)8-15-13(16)7-11-6-12(14)5-4-10(11)3/h4-6,9H,7-8H2,1-3H3,(H,15,16). The third-order valence-electron chi connectivity index (χ3n) is 2.37. The van der Waals surface area contributed by atoms with E-state index in [0.29, 0.717) is 12.3 Å². The normalized spacial score (nSPS) is 10.6. The van der Waals surface area contributed by atoms with Crippen molar-refractivity contribution in [1.29, 1.82) is 0 Å². The smallest absolute Gasteiger partial charge is 0.224 e. The number of benzene rings is 1. The van der Waals surface area contributed by atoms with E-state index in [1.807, 2.05) is 25.1 Å². The maximum absolute atomic E-state index is 11.7. The summed E-state index contributed by atoms with van der Waals surface area (Å²) in [4.78, 5) is 11.7. The second-order valence-electron chi connectivity index (χ2n) is 4.45. The first-order valence-corrected chi connectivity index (χ1v) is 6.30. The van der Waals surface area contributed by atoms with Gasteiger partial charge in [0, 0.05) is 11.0 Å². The van der Waals surface area contributed by atoms with Gasteiger partial charge >= 0.3 is 0 Å². The molecule has 0 saturated heterocycles. The summed E-state index contributed by atoms with van der Waals surface area (Å²) in [6, 6.07) is 6.02. The molecular weight excluding hydrogens is 266 g/mol. The van der Waals surface area contributed by atoms with Crippen LogP contribution in [-0.2, 0) is 11.2 Å². The first kappa shape index (κ1) is 13.2. The first-order chi connectivity index (χ1) is 7.49. The van der Waals surface area contributed by atoms with Crippen molar-refractivity contribution in [1.82, 2.24) is 5.32 Å². The second-order valence-corrected chi connectivity index (χ2v) is 5.36. The molecule has 1 amide bonds. The zero-order chi connectivity index (χ0) is 12.1. The van der Waals surface area contributed by atoms with Crippen molar-refractivity contribution in [3.8, 4) is 0 Å². The number of hydrogen-bond donors (Lipinski definition) is 1. The van der Waals surface area contributed by atoms with Crippen LogP contribution in [0.5, 0.6) is 0 Å². The van der Waals surface area contributed by atoms with E-state index in [4.69, 9.17) is 0 Å². The van der Waals surface area contributed by atoms with Gasteiger partial charge in [-0.05, 0) is 36.1 Å². The van der Waals surface area contributed by atoms with Gasteiger partial charge in [-0.15, -0.1) is 0 Å². The Kier molecular flexibility index (Phi) is 5.00. The van der Waals surface area contributed by atoms with E-state index in [1.54, 1.807) is 0 Å². The Bertz CT molecular complexity index is 374. The largest absolute Gasteiger partial charge is 0.356 e. The van der Waals surface area contributed by atoms with Crippen molar-refractivity contribution in [2.45, 2.75) is 27.2 Å². The van der Waals surface area contributed by atoms with Crippen molar-refractivity contribution in [3.63, 3.8) is 0 Å². The molecule has 2 nitrogen and oxygen atoms in total. The lowest BCUT2D eigenvalue weighted by molar-refractivity contribution is -0.120. The zero-order valence-electron chi connectivity index (χ0n) is 10.0. The van der Waals surface area contributed by atoms with Crippen molar-refractivity contribution >= 4 is 21.8 Å². The number of nitrogens with one attached hydrogen (secondary N) is 1. The second kappa shape index (κ2) is 6.04. The summed E-state index contributed by atoms with van der Waals surface area (Å²) in [5.41, 5.74) is 2.23. The van der Waals surface area contributed by atoms with Gasteiger partial charge < -0.3 is 5.32 Å². The molecule has 16 heavy (non-hydrogen) atoms. The fourth-order valence-corrected chi connectivity index (χ4v) is 1.79. The molecule has 0 unspecified atom stereocenters. The highest BCUT2D eigenvalue weighted by Crippen LogP contribution is 2.16. The van der Waals surface area contributed by atoms with Crippen LogP contribution in [0.15, 0.2) is 22.7 Å². The van der Waals surface area contributed by atoms with Crippen LogP contribution < -0.4 is 5.32 Å². The Balaban J connectivity index is 2.59. The lowest BCUT2D eigenvalue weighted by Crippen LogP contribution is -2.28. The predicted octanol–water partition coefficient (Wildman–Crippen LogP) is 3.07. The molecule has 0 aliphatic rings. The van der Waals surface area contributed by atoms with E-state index >= 15 is 0 Å². The molecule has 0 spiro atoms. The maximum atomic E-state index is 11.7. The Morgan fingerprint density at radius 2 is 2.12 bits per heavy atom. The minimum absolute atomic E-state index is 0.0925. The first-order valence-electron chi connectivity index (χ1n) is 5.50. The van der Waals surface area contributed by atoms with Crippen molar-refractivity contribution in [2.75, 3.05) is 6.54 Å². The maximum Gasteiger partial charge on any atom is 0.224 e. The van der Waals surface area contributed by atoms with Gasteiger partial charge in [0.15, 0.2) is 0 Å². The Hall–Kier alpha value is -0.830. The number of aryl methyl sites for hydroxylation is 1. The van der Waals surface area contributed by atoms with Crippen molar-refractivity contribution < 1.29 is 4.79 Å². The van der Waals surface area contributed by atoms with Gasteiger partial charge in [-0.25, -0.2) is 0 Å². The third-order valence-corrected chi connectivity index (χ3v) is 2.86. The van der Waals surface area contributed by atoms with E-state index < -0.39 is 0 Å². The highest BCUT2D eigenvalue weighted by molar-refractivity contribution is 9.10. The minimum atomic E-state index is 0.0925. The number of amides is 1. The molecule has 0 atom stereocenters. The topological polar surface area (TPSA) is 29.1 Å². The molecule has 0 aliphatic heterocycles. The van der Waals surface area contributed by atoms with Crippen LogP contribution in [0.2, 0.25) is 0 Å². The molecular formula is C13H18BrNO. The fourth-order valence-electron chi connectivity index (χ4n) is 1.38. The van der Waals surface area contributed by atoms with Crippen LogP contribution in [0.4, 0.5) is 0 Å². The summed E-state index contributed by atoms with van der Waals surface area (Å²) in [5.74, 6) is 0.586. The highest BCUT2D eigenvalue weighted by Gasteiger charge is 2.06. The minimum Gasteiger partial charge on any atom is -0.356 e. The van der Waals surface area contributed by atoms with E-state index in [0.717, 1.165) is 22.1 Å². The van der Waals surface area contributed by atoms with Crippen LogP contribution in [0, 0.1) is 12.8 Å². The van der Waals surface area contributed by atoms with Crippen LogP contribution in [-0.4, -0.2) is 12.5 Å².